The maximum Gasteiger partial charge on any atom is 0.265 e. The lowest BCUT2D eigenvalue weighted by molar-refractivity contribution is 0.473. The number of hydrogen-bond donors (Lipinski definition) is 1. The molecule has 0 aromatic carbocycles. The highest BCUT2D eigenvalue weighted by Gasteiger charge is 2.10. The van der Waals surface area contributed by atoms with Crippen LogP contribution in [0.2, 0.25) is 12.6 Å². The Morgan fingerprint density at radius 3 is 2.40 bits per heavy atom. The highest BCUT2D eigenvalue weighted by atomic mass is 32.2. The summed E-state index contributed by atoms with van der Waals surface area (Å²) < 4.78 is 29.0. The fraction of sp³-hybridized carbons (Fsp3) is 1.00. The fourth-order valence-corrected chi connectivity index (χ4v) is 3.31. The molecule has 10 heavy (non-hydrogen) atoms. The zero-order valence-electron chi connectivity index (χ0n) is 6.37. The van der Waals surface area contributed by atoms with E-state index in [1.54, 1.807) is 0 Å². The topological polar surface area (TPSA) is 54.4 Å². The molecule has 0 spiro atoms. The minimum absolute atomic E-state index is 0.0756. The van der Waals surface area contributed by atoms with Gasteiger partial charge in [0.25, 0.3) is 10.1 Å². The van der Waals surface area contributed by atoms with E-state index in [4.69, 9.17) is 4.55 Å². The normalized spacial score (nSPS) is 16.3. The monoisotopic (exact) mass is 182 g/mol. The van der Waals surface area contributed by atoms with Crippen LogP contribution in [0.15, 0.2) is 0 Å². The summed E-state index contributed by atoms with van der Waals surface area (Å²) in [4.78, 5) is 0. The van der Waals surface area contributed by atoms with Gasteiger partial charge in [-0.25, -0.2) is 0 Å². The van der Waals surface area contributed by atoms with E-state index in [1.807, 2.05) is 6.92 Å². The van der Waals surface area contributed by atoms with E-state index in [1.165, 1.54) is 0 Å². The van der Waals surface area contributed by atoms with Gasteiger partial charge in [-0.1, -0.05) is 19.5 Å². The van der Waals surface area contributed by atoms with Gasteiger partial charge < -0.3 is 0 Å². The van der Waals surface area contributed by atoms with Gasteiger partial charge in [0.15, 0.2) is 0 Å². The van der Waals surface area contributed by atoms with Crippen LogP contribution in [0.25, 0.3) is 0 Å². The Hall–Kier alpha value is 0.127. The SMILES string of the molecule is C[SiH2]CC(C)CS(=O)(=O)O. The van der Waals surface area contributed by atoms with Crippen molar-refractivity contribution in [1.29, 1.82) is 0 Å². The maximum atomic E-state index is 10.3. The summed E-state index contributed by atoms with van der Waals surface area (Å²) in [5, 5.41) is 0. The van der Waals surface area contributed by atoms with Gasteiger partial charge in [0.05, 0.1) is 5.75 Å². The number of rotatable bonds is 4. The Bertz CT molecular complexity index is 175. The van der Waals surface area contributed by atoms with Crippen LogP contribution in [-0.4, -0.2) is 28.2 Å². The molecular formula is C5H14O3SSi. The summed E-state index contributed by atoms with van der Waals surface area (Å²) in [7, 11) is -3.80. The Kier molecular flexibility index (Phi) is 4.15. The third-order valence-corrected chi connectivity index (χ3v) is 3.83. The van der Waals surface area contributed by atoms with Crippen molar-refractivity contribution in [1.82, 2.24) is 0 Å². The van der Waals surface area contributed by atoms with E-state index in [0.717, 1.165) is 6.04 Å². The van der Waals surface area contributed by atoms with E-state index in [9.17, 15) is 8.42 Å². The zero-order valence-corrected chi connectivity index (χ0v) is 8.60. The first-order valence-corrected chi connectivity index (χ1v) is 7.43. The first-order chi connectivity index (χ1) is 4.45. The Morgan fingerprint density at radius 2 is 2.10 bits per heavy atom. The molecule has 62 valence electrons. The maximum absolute atomic E-state index is 10.3. The van der Waals surface area contributed by atoms with Gasteiger partial charge in [0.1, 0.15) is 0 Å². The molecule has 0 bridgehead atoms. The molecule has 0 saturated carbocycles. The lowest BCUT2D eigenvalue weighted by Crippen LogP contribution is -2.13. The molecule has 0 heterocycles. The summed E-state index contributed by atoms with van der Waals surface area (Å²) in [5.74, 6) is 0.0556. The molecule has 0 aliphatic heterocycles. The van der Waals surface area contributed by atoms with E-state index >= 15 is 0 Å². The minimum atomic E-state index is -3.72. The zero-order chi connectivity index (χ0) is 8.20. The van der Waals surface area contributed by atoms with Crippen LogP contribution in [-0.2, 0) is 10.1 Å². The second-order valence-corrected chi connectivity index (χ2v) is 5.72. The van der Waals surface area contributed by atoms with Crippen molar-refractivity contribution in [3.63, 3.8) is 0 Å². The quantitative estimate of drug-likeness (QED) is 0.497. The first-order valence-electron chi connectivity index (χ1n) is 3.41. The third kappa shape index (κ3) is 6.25. The van der Waals surface area contributed by atoms with Crippen molar-refractivity contribution in [3.8, 4) is 0 Å². The van der Waals surface area contributed by atoms with Crippen LogP contribution >= 0.6 is 0 Å². The Morgan fingerprint density at radius 1 is 1.60 bits per heavy atom. The highest BCUT2D eigenvalue weighted by molar-refractivity contribution is 7.85. The molecule has 0 radical (unpaired) electrons. The van der Waals surface area contributed by atoms with Gasteiger partial charge in [-0.05, 0) is 5.92 Å². The van der Waals surface area contributed by atoms with E-state index < -0.39 is 10.1 Å². The molecule has 0 aromatic rings. The van der Waals surface area contributed by atoms with Crippen molar-refractivity contribution < 1.29 is 13.0 Å². The van der Waals surface area contributed by atoms with Crippen molar-refractivity contribution in [3.05, 3.63) is 0 Å². The Labute approximate surface area is 64.4 Å². The third-order valence-electron chi connectivity index (χ3n) is 1.28. The molecule has 0 aliphatic rings. The molecule has 0 rings (SSSR count). The average molecular weight is 182 g/mol. The van der Waals surface area contributed by atoms with Gasteiger partial charge in [0, 0.05) is 9.52 Å². The van der Waals surface area contributed by atoms with Gasteiger partial charge in [-0.3, -0.25) is 4.55 Å². The molecule has 0 fully saturated rings. The second-order valence-electron chi connectivity index (χ2n) is 2.64. The predicted octanol–water partition coefficient (Wildman–Crippen LogP) is 0.145. The molecule has 0 amide bonds. The molecule has 0 saturated heterocycles. The number of hydrogen-bond acceptors (Lipinski definition) is 2. The van der Waals surface area contributed by atoms with E-state index in [-0.39, 0.29) is 21.2 Å². The minimum Gasteiger partial charge on any atom is -0.286 e. The molecule has 3 nitrogen and oxygen atoms in total. The first kappa shape index (κ1) is 10.1. The molecule has 1 unspecified atom stereocenters. The smallest absolute Gasteiger partial charge is 0.265 e. The van der Waals surface area contributed by atoms with Crippen molar-refractivity contribution in [2.45, 2.75) is 19.5 Å². The standard InChI is InChI=1S/C5H14O3SSi/c1-5(4-10-2)3-9(6,7)8/h5H,3-4,10H2,1-2H3,(H,6,7,8). The lowest BCUT2D eigenvalue weighted by Gasteiger charge is -2.05. The predicted molar refractivity (Wildman–Crippen MR) is 44.8 cm³/mol. The summed E-state index contributed by atoms with van der Waals surface area (Å²) in [6, 6.07) is 0.986. The molecule has 0 aromatic heterocycles. The van der Waals surface area contributed by atoms with E-state index in [0.29, 0.717) is 0 Å². The van der Waals surface area contributed by atoms with Crippen LogP contribution in [0, 0.1) is 5.92 Å². The van der Waals surface area contributed by atoms with E-state index in [2.05, 4.69) is 6.55 Å². The second kappa shape index (κ2) is 4.10. The van der Waals surface area contributed by atoms with Crippen LogP contribution in [0.3, 0.4) is 0 Å². The fourth-order valence-electron chi connectivity index (χ4n) is 0.936. The van der Waals surface area contributed by atoms with Crippen molar-refractivity contribution >= 4 is 19.6 Å². The van der Waals surface area contributed by atoms with Crippen LogP contribution < -0.4 is 0 Å². The summed E-state index contributed by atoms with van der Waals surface area (Å²) in [5.41, 5.74) is 0. The van der Waals surface area contributed by atoms with Gasteiger partial charge in [-0.15, -0.1) is 0 Å². The molecule has 0 aliphatic carbocycles. The van der Waals surface area contributed by atoms with Gasteiger partial charge >= 0.3 is 0 Å². The average Bonchev–Trinajstić information content (AvgIpc) is 1.59. The lowest BCUT2D eigenvalue weighted by atomic mass is 10.3. The van der Waals surface area contributed by atoms with Gasteiger partial charge in [0.2, 0.25) is 0 Å². The molecule has 1 N–H and O–H groups in total. The van der Waals surface area contributed by atoms with Crippen LogP contribution in [0.1, 0.15) is 6.92 Å². The van der Waals surface area contributed by atoms with Crippen LogP contribution in [0.4, 0.5) is 0 Å². The Balaban J connectivity index is 3.69. The highest BCUT2D eigenvalue weighted by Crippen LogP contribution is 2.04. The van der Waals surface area contributed by atoms with Crippen molar-refractivity contribution in [2.75, 3.05) is 5.75 Å². The molecule has 1 atom stereocenters. The van der Waals surface area contributed by atoms with Gasteiger partial charge in [-0.2, -0.15) is 8.42 Å². The molecule has 5 heteroatoms. The summed E-state index contributed by atoms with van der Waals surface area (Å²) >= 11 is 0. The largest absolute Gasteiger partial charge is 0.286 e. The van der Waals surface area contributed by atoms with Crippen LogP contribution in [0.5, 0.6) is 0 Å². The van der Waals surface area contributed by atoms with Crippen molar-refractivity contribution in [2.24, 2.45) is 5.92 Å². The summed E-state index contributed by atoms with van der Waals surface area (Å²) in [6.07, 6.45) is 0. The molecular weight excluding hydrogens is 168 g/mol. The summed E-state index contributed by atoms with van der Waals surface area (Å²) in [6.45, 7) is 3.98.